The van der Waals surface area contributed by atoms with Crippen LogP contribution in [0.3, 0.4) is 0 Å². The molecule has 0 unspecified atom stereocenters. The number of alkyl halides is 3. The third-order valence-electron chi connectivity index (χ3n) is 3.09. The first kappa shape index (κ1) is 21.6. The Balaban J connectivity index is 0.000000527. The molecule has 1 amide bonds. The smallest absolute Gasteiger partial charge is 0.417 e. The Morgan fingerprint density at radius 1 is 1.15 bits per heavy atom. The van der Waals surface area contributed by atoms with Crippen LogP contribution < -0.4 is 5.73 Å². The molecule has 0 bridgehead atoms. The first-order valence-electron chi connectivity index (χ1n) is 7.45. The van der Waals surface area contributed by atoms with Crippen molar-refractivity contribution < 1.29 is 32.4 Å². The number of nitro benzene ring substituents is 1. The zero-order chi connectivity index (χ0) is 20.6. The van der Waals surface area contributed by atoms with Crippen LogP contribution in [-0.2, 0) is 10.9 Å². The lowest BCUT2D eigenvalue weighted by Crippen LogP contribution is -2.14. The Labute approximate surface area is 151 Å². The molecule has 27 heavy (non-hydrogen) atoms. The summed E-state index contributed by atoms with van der Waals surface area (Å²) in [6.07, 6.45) is -5.57. The maximum absolute atomic E-state index is 13.0. The van der Waals surface area contributed by atoms with Gasteiger partial charge in [0, 0.05) is 23.3 Å². The van der Waals surface area contributed by atoms with E-state index in [2.05, 4.69) is 10.5 Å². The molecule has 2 aromatic rings. The number of ether oxygens (including phenoxy) is 1. The van der Waals surface area contributed by atoms with E-state index >= 15 is 0 Å². The average Bonchev–Trinajstić information content (AvgIpc) is 2.61. The molecule has 10 heteroatoms. The molecule has 144 valence electrons. The van der Waals surface area contributed by atoms with Crippen molar-refractivity contribution in [3.8, 4) is 0 Å². The maximum Gasteiger partial charge on any atom is 0.417 e. The molecule has 0 aliphatic rings. The van der Waals surface area contributed by atoms with Gasteiger partial charge >= 0.3 is 12.3 Å². The third-order valence-corrected chi connectivity index (χ3v) is 3.09. The van der Waals surface area contributed by atoms with Crippen molar-refractivity contribution in [3.05, 3.63) is 75.3 Å². The van der Waals surface area contributed by atoms with Crippen molar-refractivity contribution in [2.45, 2.75) is 13.1 Å². The Morgan fingerprint density at radius 3 is 2.15 bits per heavy atom. The molecule has 2 aromatic carbocycles. The molecule has 0 atom stereocenters. The lowest BCUT2D eigenvalue weighted by molar-refractivity contribution is -0.385. The van der Waals surface area contributed by atoms with Gasteiger partial charge in [-0.1, -0.05) is 30.3 Å². The quantitative estimate of drug-likeness (QED) is 0.487. The third kappa shape index (κ3) is 6.42. The number of nitrogens with two attached hydrogens (primary N) is 1. The van der Waals surface area contributed by atoms with Gasteiger partial charge in [0.05, 0.1) is 17.1 Å². The Bertz CT molecular complexity index is 823. The normalized spacial score (nSPS) is 10.4. The molecule has 0 saturated carbocycles. The lowest BCUT2D eigenvalue weighted by atomic mass is 9.97. The van der Waals surface area contributed by atoms with Gasteiger partial charge in [-0.3, -0.25) is 14.9 Å². The van der Waals surface area contributed by atoms with Crippen molar-refractivity contribution in [1.82, 2.24) is 0 Å². The second kappa shape index (κ2) is 9.32. The van der Waals surface area contributed by atoms with Crippen LogP contribution in [0.1, 0.15) is 28.4 Å². The predicted octanol–water partition coefficient (Wildman–Crippen LogP) is 3.95. The van der Waals surface area contributed by atoms with E-state index in [1.54, 1.807) is 13.0 Å². The number of ketones is 1. The second-order valence-electron chi connectivity index (χ2n) is 4.93. The fourth-order valence-corrected chi connectivity index (χ4v) is 1.97. The number of rotatable bonds is 4. The standard InChI is InChI=1S/C14H8F3NO3.C3H7NO2/c15-14(16,17)12-8-10(18(20)21)6-7-11(12)13(19)9-4-2-1-3-5-9;1-2-6-3(4)5/h1-8H;2H2,1H3,(H2,4,5). The van der Waals surface area contributed by atoms with E-state index in [1.165, 1.54) is 24.3 Å². The van der Waals surface area contributed by atoms with Crippen LogP contribution in [-0.4, -0.2) is 23.4 Å². The number of carbonyl (C=O) groups is 2. The Kier molecular flexibility index (Phi) is 7.46. The Hall–Kier alpha value is -3.43. The highest BCUT2D eigenvalue weighted by molar-refractivity contribution is 6.10. The summed E-state index contributed by atoms with van der Waals surface area (Å²) in [4.78, 5) is 31.4. The molecule has 0 fully saturated rings. The number of benzene rings is 2. The van der Waals surface area contributed by atoms with Crippen molar-refractivity contribution in [2.75, 3.05) is 6.61 Å². The molecule has 2 rings (SSSR count). The zero-order valence-corrected chi connectivity index (χ0v) is 14.0. The molecule has 0 aromatic heterocycles. The van der Waals surface area contributed by atoms with Crippen LogP contribution in [0.2, 0.25) is 0 Å². The van der Waals surface area contributed by atoms with Crippen LogP contribution in [0.4, 0.5) is 23.7 Å². The SMILES string of the molecule is CCOC(N)=O.O=C(c1ccccc1)c1ccc([N+](=O)[O-])cc1C(F)(F)F. The fourth-order valence-electron chi connectivity index (χ4n) is 1.97. The molecule has 0 spiro atoms. The number of primary amides is 1. The molecule has 2 N–H and O–H groups in total. The van der Waals surface area contributed by atoms with Gasteiger partial charge < -0.3 is 10.5 Å². The van der Waals surface area contributed by atoms with Gasteiger partial charge in [0.15, 0.2) is 5.78 Å². The van der Waals surface area contributed by atoms with Gasteiger partial charge in [0.25, 0.3) is 5.69 Å². The summed E-state index contributed by atoms with van der Waals surface area (Å²) in [5, 5.41) is 10.6. The first-order chi connectivity index (χ1) is 12.6. The van der Waals surface area contributed by atoms with Gasteiger partial charge in [-0.2, -0.15) is 13.2 Å². The number of hydrogen-bond acceptors (Lipinski definition) is 5. The molecule has 0 radical (unpaired) electrons. The maximum atomic E-state index is 13.0. The highest BCUT2D eigenvalue weighted by Gasteiger charge is 2.37. The van der Waals surface area contributed by atoms with Gasteiger partial charge in [0.1, 0.15) is 0 Å². The number of amides is 1. The summed E-state index contributed by atoms with van der Waals surface area (Å²) in [5.74, 6) is -0.835. The van der Waals surface area contributed by atoms with Crippen LogP contribution >= 0.6 is 0 Å². The molecular weight excluding hydrogens is 369 g/mol. The van der Waals surface area contributed by atoms with Crippen molar-refractivity contribution in [1.29, 1.82) is 0 Å². The van der Waals surface area contributed by atoms with E-state index in [9.17, 15) is 32.9 Å². The Morgan fingerprint density at radius 2 is 1.74 bits per heavy atom. The molecule has 0 aliphatic carbocycles. The van der Waals surface area contributed by atoms with E-state index in [4.69, 9.17) is 0 Å². The number of nitro groups is 1. The van der Waals surface area contributed by atoms with Crippen molar-refractivity contribution in [2.24, 2.45) is 5.73 Å². The molecule has 0 heterocycles. The first-order valence-corrected chi connectivity index (χ1v) is 7.45. The minimum absolute atomic E-state index is 0.0804. The predicted molar refractivity (Wildman–Crippen MR) is 89.2 cm³/mol. The number of halogens is 3. The van der Waals surface area contributed by atoms with Crippen LogP contribution in [0, 0.1) is 10.1 Å². The van der Waals surface area contributed by atoms with Gasteiger partial charge in [-0.15, -0.1) is 0 Å². The molecular formula is C17H15F3N2O5. The topological polar surface area (TPSA) is 113 Å². The molecule has 0 saturated heterocycles. The fraction of sp³-hybridized carbons (Fsp3) is 0.176. The molecule has 0 aliphatic heterocycles. The summed E-state index contributed by atoms with van der Waals surface area (Å²) < 4.78 is 43.2. The van der Waals surface area contributed by atoms with Crippen LogP contribution in [0.5, 0.6) is 0 Å². The minimum Gasteiger partial charge on any atom is -0.450 e. The van der Waals surface area contributed by atoms with Crippen molar-refractivity contribution in [3.63, 3.8) is 0 Å². The van der Waals surface area contributed by atoms with E-state index in [0.29, 0.717) is 12.7 Å². The number of carbonyl (C=O) groups excluding carboxylic acids is 2. The largest absolute Gasteiger partial charge is 0.450 e. The summed E-state index contributed by atoms with van der Waals surface area (Å²) in [6, 6.07) is 9.50. The van der Waals surface area contributed by atoms with E-state index < -0.39 is 39.8 Å². The number of hydrogen-bond donors (Lipinski definition) is 1. The minimum atomic E-state index is -4.86. The van der Waals surface area contributed by atoms with Crippen LogP contribution in [0.15, 0.2) is 48.5 Å². The molecule has 7 nitrogen and oxygen atoms in total. The summed E-state index contributed by atoms with van der Waals surface area (Å²) in [7, 11) is 0. The van der Waals surface area contributed by atoms with E-state index in [0.717, 1.165) is 12.1 Å². The highest BCUT2D eigenvalue weighted by Crippen LogP contribution is 2.35. The van der Waals surface area contributed by atoms with Gasteiger partial charge in [-0.05, 0) is 13.0 Å². The number of non-ortho nitro benzene ring substituents is 1. The average molecular weight is 384 g/mol. The monoisotopic (exact) mass is 384 g/mol. The van der Waals surface area contributed by atoms with Crippen molar-refractivity contribution >= 4 is 17.6 Å². The second-order valence-corrected chi connectivity index (χ2v) is 4.93. The number of nitrogens with zero attached hydrogens (tertiary/aromatic N) is 1. The lowest BCUT2D eigenvalue weighted by Gasteiger charge is -2.11. The summed E-state index contributed by atoms with van der Waals surface area (Å²) in [6.45, 7) is 2.06. The zero-order valence-electron chi connectivity index (χ0n) is 14.0. The van der Waals surface area contributed by atoms with E-state index in [1.807, 2.05) is 0 Å². The van der Waals surface area contributed by atoms with Gasteiger partial charge in [-0.25, -0.2) is 4.79 Å². The van der Waals surface area contributed by atoms with Gasteiger partial charge in [0.2, 0.25) is 0 Å². The van der Waals surface area contributed by atoms with Crippen LogP contribution in [0.25, 0.3) is 0 Å². The highest BCUT2D eigenvalue weighted by atomic mass is 19.4. The summed E-state index contributed by atoms with van der Waals surface area (Å²) >= 11 is 0. The van der Waals surface area contributed by atoms with E-state index in [-0.39, 0.29) is 5.56 Å². The summed E-state index contributed by atoms with van der Waals surface area (Å²) in [5.41, 5.74) is 1.98.